The fourth-order valence-electron chi connectivity index (χ4n) is 3.32. The van der Waals surface area contributed by atoms with E-state index in [4.69, 9.17) is 16.3 Å². The van der Waals surface area contributed by atoms with E-state index in [2.05, 4.69) is 61.5 Å². The fourth-order valence-corrected chi connectivity index (χ4v) is 5.79. The molecule has 0 fully saturated rings. The van der Waals surface area contributed by atoms with Gasteiger partial charge in [0.1, 0.15) is 0 Å². The maximum Gasteiger partial charge on any atom is 0.0621 e. The van der Waals surface area contributed by atoms with Crippen molar-refractivity contribution < 1.29 is 4.74 Å². The largest absolute Gasteiger partial charge is 0.379 e. The van der Waals surface area contributed by atoms with Crippen molar-refractivity contribution in [2.24, 2.45) is 0 Å². The quantitative estimate of drug-likeness (QED) is 0.516. The summed E-state index contributed by atoms with van der Waals surface area (Å²) < 4.78 is 5.89. The molecule has 4 rings (SSSR count). The zero-order chi connectivity index (χ0) is 18.1. The summed E-state index contributed by atoms with van der Waals surface area (Å²) in [7, 11) is 4.14. The normalized spacial score (nSPS) is 20.8. The molecule has 2 nitrogen and oxygen atoms in total. The fraction of sp³-hybridized carbons (Fsp3) is 0.333. The average Bonchev–Trinajstić information content (AvgIpc) is 2.87. The SMILES string of the molecule is CN(C)CCOCC1C=CC2=CC=Cc3c(cc4cc(Cl)csc3-4)C2S1.Cl. The Morgan fingerprint density at radius 3 is 2.89 bits per heavy atom. The Labute approximate surface area is 180 Å². The van der Waals surface area contributed by atoms with Crippen molar-refractivity contribution in [3.63, 3.8) is 0 Å². The summed E-state index contributed by atoms with van der Waals surface area (Å²) >= 11 is 9.93. The van der Waals surface area contributed by atoms with Crippen LogP contribution >= 0.6 is 47.1 Å². The highest BCUT2D eigenvalue weighted by molar-refractivity contribution is 8.00. The lowest BCUT2D eigenvalue weighted by Crippen LogP contribution is -2.21. The van der Waals surface area contributed by atoms with Crippen molar-refractivity contribution in [3.05, 3.63) is 63.5 Å². The second kappa shape index (κ2) is 9.17. The standard InChI is InChI=1S/C21H22ClNOS2.ClH/c1-23(2)8-9-24-12-17-7-6-14-4-3-5-18-19(21(14)26-17)11-15-10-16(22)13-25-20(15)18;/h3-7,10-11,13,17,21H,8-9,12H2,1-2H3;1H. The smallest absolute Gasteiger partial charge is 0.0621 e. The molecule has 0 radical (unpaired) electrons. The van der Waals surface area contributed by atoms with Crippen LogP contribution in [0.4, 0.5) is 0 Å². The molecular formula is C21H23Cl2NOS2. The van der Waals surface area contributed by atoms with Crippen molar-refractivity contribution in [2.75, 3.05) is 33.9 Å². The first-order valence-corrected chi connectivity index (χ1v) is 11.0. The number of halogens is 2. The first-order valence-electron chi connectivity index (χ1n) is 8.77. The third kappa shape index (κ3) is 4.64. The van der Waals surface area contributed by atoms with Gasteiger partial charge in [0.2, 0.25) is 0 Å². The molecule has 0 aromatic heterocycles. The maximum absolute atomic E-state index is 6.21. The van der Waals surface area contributed by atoms with E-state index in [0.29, 0.717) is 10.5 Å². The summed E-state index contributed by atoms with van der Waals surface area (Å²) in [6.07, 6.45) is 11.2. The Kier molecular flexibility index (Phi) is 7.12. The van der Waals surface area contributed by atoms with Crippen molar-refractivity contribution in [1.82, 2.24) is 4.90 Å². The van der Waals surface area contributed by atoms with Gasteiger partial charge >= 0.3 is 0 Å². The van der Waals surface area contributed by atoms with Crippen LogP contribution in [-0.4, -0.2) is 44.0 Å². The summed E-state index contributed by atoms with van der Waals surface area (Å²) in [5.41, 5.74) is 5.34. The number of thioether (sulfide) groups is 1. The molecule has 4 aliphatic rings. The monoisotopic (exact) mass is 439 g/mol. The number of allylic oxidation sites excluding steroid dienone is 3. The molecule has 0 amide bonds. The Morgan fingerprint density at radius 1 is 1.22 bits per heavy atom. The van der Waals surface area contributed by atoms with Gasteiger partial charge in [0, 0.05) is 22.1 Å². The average molecular weight is 440 g/mol. The van der Waals surface area contributed by atoms with E-state index in [1.54, 1.807) is 11.3 Å². The van der Waals surface area contributed by atoms with Gasteiger partial charge in [0.25, 0.3) is 0 Å². The van der Waals surface area contributed by atoms with Gasteiger partial charge in [-0.15, -0.1) is 35.5 Å². The maximum atomic E-state index is 6.21. The lowest BCUT2D eigenvalue weighted by molar-refractivity contribution is 0.124. The van der Waals surface area contributed by atoms with E-state index in [1.807, 2.05) is 17.1 Å². The Bertz CT molecular complexity index is 856. The van der Waals surface area contributed by atoms with Gasteiger partial charge in [0.15, 0.2) is 0 Å². The predicted octanol–water partition coefficient (Wildman–Crippen LogP) is 6.17. The number of fused-ring (bicyclic) bond motifs is 5. The molecule has 0 aromatic rings. The van der Waals surface area contributed by atoms with E-state index in [-0.39, 0.29) is 12.4 Å². The van der Waals surface area contributed by atoms with Gasteiger partial charge in [0.05, 0.1) is 23.5 Å². The molecule has 0 saturated heterocycles. The predicted molar refractivity (Wildman–Crippen MR) is 123 cm³/mol. The molecule has 0 N–H and O–H groups in total. The van der Waals surface area contributed by atoms with Crippen LogP contribution in [0.2, 0.25) is 5.02 Å². The van der Waals surface area contributed by atoms with Crippen molar-refractivity contribution in [3.8, 4) is 10.4 Å². The molecule has 144 valence electrons. The van der Waals surface area contributed by atoms with E-state index >= 15 is 0 Å². The van der Waals surface area contributed by atoms with Crippen LogP contribution in [0.25, 0.3) is 16.5 Å². The van der Waals surface area contributed by atoms with E-state index < -0.39 is 0 Å². The van der Waals surface area contributed by atoms with Gasteiger partial charge in [-0.2, -0.15) is 0 Å². The second-order valence-electron chi connectivity index (χ2n) is 6.88. The topological polar surface area (TPSA) is 12.5 Å². The number of likely N-dealkylation sites (N-methyl/N-ethyl adjacent to an activating group) is 1. The highest BCUT2D eigenvalue weighted by Gasteiger charge is 2.29. The van der Waals surface area contributed by atoms with Crippen molar-refractivity contribution in [2.45, 2.75) is 10.5 Å². The van der Waals surface area contributed by atoms with Gasteiger partial charge in [-0.1, -0.05) is 42.0 Å². The Morgan fingerprint density at radius 2 is 2.07 bits per heavy atom. The number of hydrogen-bond donors (Lipinski definition) is 0. The molecule has 0 saturated carbocycles. The Hall–Kier alpha value is -0.750. The van der Waals surface area contributed by atoms with Crippen molar-refractivity contribution >= 4 is 53.2 Å². The molecule has 2 aliphatic heterocycles. The first kappa shape index (κ1) is 21.0. The van der Waals surface area contributed by atoms with Gasteiger partial charge in [-0.25, -0.2) is 0 Å². The first-order chi connectivity index (χ1) is 12.6. The zero-order valence-corrected chi connectivity index (χ0v) is 18.6. The van der Waals surface area contributed by atoms with Gasteiger partial charge in [-0.3, -0.25) is 0 Å². The van der Waals surface area contributed by atoms with E-state index in [9.17, 15) is 0 Å². The summed E-state index contributed by atoms with van der Waals surface area (Å²) in [5, 5.41) is 3.57. The summed E-state index contributed by atoms with van der Waals surface area (Å²) in [4.78, 5) is 3.47. The molecule has 27 heavy (non-hydrogen) atoms. The highest BCUT2D eigenvalue weighted by Crippen LogP contribution is 2.50. The molecule has 2 unspecified atom stereocenters. The van der Waals surface area contributed by atoms with Crippen LogP contribution < -0.4 is 0 Å². The zero-order valence-electron chi connectivity index (χ0n) is 15.4. The number of ether oxygens (including phenoxy) is 1. The molecule has 0 bridgehead atoms. The Balaban J connectivity index is 0.00000210. The minimum atomic E-state index is 0. The molecule has 0 spiro atoms. The molecule has 2 atom stereocenters. The lowest BCUT2D eigenvalue weighted by Gasteiger charge is -2.26. The van der Waals surface area contributed by atoms with Crippen LogP contribution in [0, 0.1) is 0 Å². The van der Waals surface area contributed by atoms with Crippen LogP contribution in [0.1, 0.15) is 16.4 Å². The lowest BCUT2D eigenvalue weighted by atomic mass is 10.0. The van der Waals surface area contributed by atoms with Gasteiger partial charge < -0.3 is 9.64 Å². The molecule has 2 aliphatic carbocycles. The highest BCUT2D eigenvalue weighted by atomic mass is 35.5. The molecule has 2 heterocycles. The van der Waals surface area contributed by atoms with Crippen LogP contribution in [0.15, 0.2) is 47.4 Å². The summed E-state index contributed by atoms with van der Waals surface area (Å²) in [6.45, 7) is 2.49. The number of nitrogens with zero attached hydrogens (tertiary/aromatic N) is 1. The number of hydrogen-bond acceptors (Lipinski definition) is 4. The van der Waals surface area contributed by atoms with Crippen LogP contribution in [0.3, 0.4) is 0 Å². The third-order valence-corrected chi connectivity index (χ3v) is 7.48. The minimum absolute atomic E-state index is 0. The molecule has 6 heteroatoms. The van der Waals surface area contributed by atoms with E-state index in [1.165, 1.54) is 27.1 Å². The number of rotatable bonds is 5. The van der Waals surface area contributed by atoms with E-state index in [0.717, 1.165) is 24.8 Å². The van der Waals surface area contributed by atoms with Crippen LogP contribution in [0.5, 0.6) is 0 Å². The third-order valence-electron chi connectivity index (χ3n) is 4.63. The summed E-state index contributed by atoms with van der Waals surface area (Å²) in [6, 6.07) is 4.39. The van der Waals surface area contributed by atoms with Crippen molar-refractivity contribution in [1.29, 1.82) is 0 Å². The molecular weight excluding hydrogens is 417 g/mol. The molecule has 0 aromatic carbocycles. The minimum Gasteiger partial charge on any atom is -0.379 e. The van der Waals surface area contributed by atoms with Crippen LogP contribution in [-0.2, 0) is 4.74 Å². The summed E-state index contributed by atoms with van der Waals surface area (Å²) in [5.74, 6) is 0. The van der Waals surface area contributed by atoms with Gasteiger partial charge in [-0.05, 0) is 48.5 Å². The second-order valence-corrected chi connectivity index (χ2v) is 9.55.